The molecule has 2 aromatic rings. The molecule has 3 heterocycles. The molecule has 0 radical (unpaired) electrons. The lowest BCUT2D eigenvalue weighted by atomic mass is 9.95. The number of rotatable bonds is 2. The highest BCUT2D eigenvalue weighted by atomic mass is 79.9. The Morgan fingerprint density at radius 2 is 1.96 bits per heavy atom. The highest BCUT2D eigenvalue weighted by molar-refractivity contribution is 9.10. The quantitative estimate of drug-likeness (QED) is 0.776. The second kappa shape index (κ2) is 6.69. The zero-order valence-electron chi connectivity index (χ0n) is 15.2. The summed E-state index contributed by atoms with van der Waals surface area (Å²) < 4.78 is 1.09. The second-order valence-corrected chi connectivity index (χ2v) is 8.20. The molecule has 132 valence electrons. The van der Waals surface area contributed by atoms with Crippen molar-refractivity contribution >= 4 is 38.7 Å². The summed E-state index contributed by atoms with van der Waals surface area (Å²) in [5, 5.41) is 3.56. The number of halogens is 1. The fourth-order valence-corrected chi connectivity index (χ4v) is 4.25. The molecule has 4 rings (SSSR count). The van der Waals surface area contributed by atoms with Gasteiger partial charge in [0.15, 0.2) is 5.82 Å². The molecule has 4 nitrogen and oxygen atoms in total. The van der Waals surface area contributed by atoms with Gasteiger partial charge in [0.1, 0.15) is 5.36 Å². The van der Waals surface area contributed by atoms with E-state index in [9.17, 15) is 0 Å². The van der Waals surface area contributed by atoms with Gasteiger partial charge in [-0.05, 0) is 37.6 Å². The fraction of sp³-hybridized carbons (Fsp3) is 0.500. The summed E-state index contributed by atoms with van der Waals surface area (Å²) in [5.41, 5.74) is 1.06. The number of hydrogen-bond acceptors (Lipinski definition) is 4. The Balaban J connectivity index is 1.98. The van der Waals surface area contributed by atoms with Crippen molar-refractivity contribution in [3.8, 4) is 0 Å². The Labute approximate surface area is 157 Å². The van der Waals surface area contributed by atoms with Gasteiger partial charge in [-0.2, -0.15) is 0 Å². The minimum Gasteiger partial charge on any atom is -0.352 e. The molecular formula is C20H25BrN4. The summed E-state index contributed by atoms with van der Waals surface area (Å²) in [6.07, 6.45) is 3.47. The highest BCUT2D eigenvalue weighted by Gasteiger charge is 2.23. The molecule has 2 unspecified atom stereocenters. The number of nitrogens with zero attached hydrogens (tertiary/aromatic N) is 4. The Hall–Kier alpha value is -1.46. The van der Waals surface area contributed by atoms with Gasteiger partial charge >= 0.3 is 0 Å². The van der Waals surface area contributed by atoms with Crippen molar-refractivity contribution in [2.45, 2.75) is 26.3 Å². The van der Waals surface area contributed by atoms with Crippen LogP contribution in [0.3, 0.4) is 0 Å². The minimum absolute atomic E-state index is 0.352. The Morgan fingerprint density at radius 3 is 2.68 bits per heavy atom. The summed E-state index contributed by atoms with van der Waals surface area (Å²) in [5.74, 6) is 1.53. The van der Waals surface area contributed by atoms with Crippen molar-refractivity contribution < 1.29 is 0 Å². The molecule has 1 aromatic carbocycles. The van der Waals surface area contributed by atoms with E-state index < -0.39 is 0 Å². The first-order valence-corrected chi connectivity index (χ1v) is 9.98. The van der Waals surface area contributed by atoms with E-state index in [1.807, 2.05) is 0 Å². The molecule has 0 N–H and O–H groups in total. The van der Waals surface area contributed by atoms with E-state index in [0.29, 0.717) is 12.0 Å². The molecular weight excluding hydrogens is 376 g/mol. The van der Waals surface area contributed by atoms with Crippen molar-refractivity contribution in [3.05, 3.63) is 33.2 Å². The molecule has 1 saturated heterocycles. The number of fused-ring (bicyclic) bond motifs is 3. The van der Waals surface area contributed by atoms with E-state index >= 15 is 0 Å². The highest BCUT2D eigenvalue weighted by Crippen LogP contribution is 2.21. The lowest BCUT2D eigenvalue weighted by Gasteiger charge is -2.34. The zero-order valence-corrected chi connectivity index (χ0v) is 16.8. The van der Waals surface area contributed by atoms with Crippen LogP contribution in [-0.4, -0.2) is 49.2 Å². The summed E-state index contributed by atoms with van der Waals surface area (Å²) in [4.78, 5) is 15.0. The third-order valence-electron chi connectivity index (χ3n) is 5.49. The van der Waals surface area contributed by atoms with Crippen LogP contribution in [0.4, 0.5) is 5.82 Å². The van der Waals surface area contributed by atoms with Gasteiger partial charge < -0.3 is 9.80 Å². The summed E-state index contributed by atoms with van der Waals surface area (Å²) in [6, 6.07) is 6.72. The van der Waals surface area contributed by atoms with Gasteiger partial charge in [-0.15, -0.1) is 0 Å². The van der Waals surface area contributed by atoms with Crippen LogP contribution in [0.15, 0.2) is 27.7 Å². The van der Waals surface area contributed by atoms with E-state index in [0.717, 1.165) is 53.8 Å². The molecule has 5 heteroatoms. The molecule has 1 fully saturated rings. The monoisotopic (exact) mass is 400 g/mol. The molecule has 0 aliphatic carbocycles. The number of pyridine rings is 1. The summed E-state index contributed by atoms with van der Waals surface area (Å²) in [6.45, 7) is 8.68. The SMILES string of the molecule is CCC1N=c2c(N3CCN(C)CC3)nc3ccc(Br)cc3c2=CC1C. The van der Waals surface area contributed by atoms with Gasteiger partial charge in [0, 0.05) is 41.3 Å². The van der Waals surface area contributed by atoms with E-state index in [4.69, 9.17) is 9.98 Å². The van der Waals surface area contributed by atoms with Crippen molar-refractivity contribution in [2.24, 2.45) is 10.9 Å². The molecule has 1 aromatic heterocycles. The number of aromatic nitrogens is 1. The van der Waals surface area contributed by atoms with Gasteiger partial charge in [0.2, 0.25) is 0 Å². The van der Waals surface area contributed by atoms with Crippen molar-refractivity contribution in [2.75, 3.05) is 38.1 Å². The predicted octanol–water partition coefficient (Wildman–Crippen LogP) is 2.58. The maximum Gasteiger partial charge on any atom is 0.155 e. The fourth-order valence-electron chi connectivity index (χ4n) is 3.89. The van der Waals surface area contributed by atoms with Crippen molar-refractivity contribution in [1.82, 2.24) is 9.88 Å². The normalized spacial score (nSPS) is 23.9. The third-order valence-corrected chi connectivity index (χ3v) is 5.99. The van der Waals surface area contributed by atoms with Crippen LogP contribution in [0, 0.1) is 5.92 Å². The number of piperazine rings is 1. The first-order chi connectivity index (χ1) is 12.1. The topological polar surface area (TPSA) is 31.7 Å². The van der Waals surface area contributed by atoms with E-state index in [-0.39, 0.29) is 0 Å². The van der Waals surface area contributed by atoms with Crippen LogP contribution in [0.25, 0.3) is 17.0 Å². The van der Waals surface area contributed by atoms with Gasteiger partial charge in [0.05, 0.1) is 11.6 Å². The number of likely N-dealkylation sites (N-methyl/N-ethyl adjacent to an activating group) is 1. The molecule has 2 atom stereocenters. The van der Waals surface area contributed by atoms with Gasteiger partial charge in [-0.1, -0.05) is 35.9 Å². The smallest absolute Gasteiger partial charge is 0.155 e. The Kier molecular flexibility index (Phi) is 4.54. The standard InChI is InChI=1S/C20H25BrN4/c1-4-17-13(2)11-16-15-12-14(21)5-6-18(15)23-20(19(16)22-17)25-9-7-24(3)8-10-25/h5-6,11-13,17H,4,7-10H2,1-3H3. The number of anilines is 1. The van der Waals surface area contributed by atoms with Crippen molar-refractivity contribution in [3.63, 3.8) is 0 Å². The van der Waals surface area contributed by atoms with E-state index in [2.05, 4.69) is 70.9 Å². The average molecular weight is 401 g/mol. The first kappa shape index (κ1) is 17.0. The van der Waals surface area contributed by atoms with Crippen LogP contribution < -0.4 is 15.5 Å². The molecule has 25 heavy (non-hydrogen) atoms. The lowest BCUT2D eigenvalue weighted by Crippen LogP contribution is -2.49. The second-order valence-electron chi connectivity index (χ2n) is 7.28. The van der Waals surface area contributed by atoms with Gasteiger partial charge in [0.25, 0.3) is 0 Å². The molecule has 2 aliphatic rings. The van der Waals surface area contributed by atoms with Crippen LogP contribution >= 0.6 is 15.9 Å². The van der Waals surface area contributed by atoms with E-state index in [1.54, 1.807) is 0 Å². The maximum atomic E-state index is 5.15. The van der Waals surface area contributed by atoms with Crippen LogP contribution in [-0.2, 0) is 0 Å². The Morgan fingerprint density at radius 1 is 1.20 bits per heavy atom. The minimum atomic E-state index is 0.352. The first-order valence-electron chi connectivity index (χ1n) is 9.19. The van der Waals surface area contributed by atoms with Crippen LogP contribution in [0.1, 0.15) is 20.3 Å². The zero-order chi connectivity index (χ0) is 17.6. The van der Waals surface area contributed by atoms with E-state index in [1.165, 1.54) is 10.6 Å². The Bertz CT molecular complexity index is 915. The summed E-state index contributed by atoms with van der Waals surface area (Å²) in [7, 11) is 2.19. The maximum absolute atomic E-state index is 5.15. The van der Waals surface area contributed by atoms with Gasteiger partial charge in [-0.25, -0.2) is 4.98 Å². The predicted molar refractivity (Wildman–Crippen MR) is 108 cm³/mol. The largest absolute Gasteiger partial charge is 0.352 e. The van der Waals surface area contributed by atoms with Crippen LogP contribution in [0.5, 0.6) is 0 Å². The lowest BCUT2D eigenvalue weighted by molar-refractivity contribution is 0.311. The van der Waals surface area contributed by atoms with Gasteiger partial charge in [-0.3, -0.25) is 4.99 Å². The molecule has 0 saturated carbocycles. The van der Waals surface area contributed by atoms with Crippen molar-refractivity contribution in [1.29, 1.82) is 0 Å². The third kappa shape index (κ3) is 3.08. The molecule has 0 bridgehead atoms. The number of hydrogen-bond donors (Lipinski definition) is 0. The van der Waals surface area contributed by atoms with Crippen LogP contribution in [0.2, 0.25) is 0 Å². The molecule has 0 amide bonds. The number of benzene rings is 1. The molecule has 0 spiro atoms. The molecule has 2 aliphatic heterocycles. The average Bonchev–Trinajstić information content (AvgIpc) is 2.61. The summed E-state index contributed by atoms with van der Waals surface area (Å²) >= 11 is 3.61.